The van der Waals surface area contributed by atoms with E-state index in [-0.39, 0.29) is 17.3 Å². The fourth-order valence-corrected chi connectivity index (χ4v) is 4.39. The van der Waals surface area contributed by atoms with E-state index >= 15 is 0 Å². The quantitative estimate of drug-likeness (QED) is 0.177. The molecule has 198 valence electrons. The van der Waals surface area contributed by atoms with Crippen molar-refractivity contribution < 1.29 is 23.4 Å². The first-order chi connectivity index (χ1) is 18.8. The Balaban J connectivity index is 1.69. The smallest absolute Gasteiger partial charge is 0.346 e. The molecule has 5 aromatic rings. The first-order valence-corrected chi connectivity index (χ1v) is 12.4. The molecule has 0 amide bonds. The minimum absolute atomic E-state index is 0.168. The number of para-hydroxylation sites is 1. The molecule has 0 saturated carbocycles. The summed E-state index contributed by atoms with van der Waals surface area (Å²) < 4.78 is 23.2. The van der Waals surface area contributed by atoms with Gasteiger partial charge in [-0.2, -0.15) is 9.78 Å². The number of furan rings is 1. The Hall–Kier alpha value is -4.34. The molecule has 0 radical (unpaired) electrons. The minimum Gasteiger partial charge on any atom is -0.493 e. The molecule has 39 heavy (non-hydrogen) atoms. The number of rotatable bonds is 7. The summed E-state index contributed by atoms with van der Waals surface area (Å²) in [5.41, 5.74) is 0.962. The Morgan fingerprint density at radius 3 is 2.64 bits per heavy atom. The number of hydrogen-bond donors (Lipinski definition) is 0. The van der Waals surface area contributed by atoms with Crippen LogP contribution < -0.4 is 15.0 Å². The highest BCUT2D eigenvalue weighted by molar-refractivity contribution is 6.31. The van der Waals surface area contributed by atoms with Crippen LogP contribution in [0.2, 0.25) is 10.0 Å². The molecule has 0 aliphatic heterocycles. The maximum absolute atomic E-state index is 13.6. The van der Waals surface area contributed by atoms with E-state index in [9.17, 15) is 9.59 Å². The lowest BCUT2D eigenvalue weighted by molar-refractivity contribution is -0.147. The number of fused-ring (bicyclic) bond motifs is 2. The van der Waals surface area contributed by atoms with Gasteiger partial charge in [0.05, 0.1) is 31.3 Å². The second-order valence-electron chi connectivity index (χ2n) is 8.42. The Labute approximate surface area is 232 Å². The molecule has 0 spiro atoms. The molecule has 2 heterocycles. The van der Waals surface area contributed by atoms with Crippen molar-refractivity contribution in [2.45, 2.75) is 13.0 Å². The fraction of sp³-hybridized carbons (Fsp3) is 0.143. The van der Waals surface area contributed by atoms with Crippen molar-refractivity contribution in [3.8, 4) is 23.1 Å². The van der Waals surface area contributed by atoms with Gasteiger partial charge in [0.1, 0.15) is 5.58 Å². The van der Waals surface area contributed by atoms with Crippen LogP contribution in [0.4, 0.5) is 0 Å². The highest BCUT2D eigenvalue weighted by atomic mass is 35.5. The van der Waals surface area contributed by atoms with Crippen LogP contribution in [0, 0.1) is 0 Å². The first kappa shape index (κ1) is 26.3. The van der Waals surface area contributed by atoms with Gasteiger partial charge in [-0.3, -0.25) is 4.79 Å². The maximum Gasteiger partial charge on any atom is 0.346 e. The van der Waals surface area contributed by atoms with Crippen LogP contribution in [0.15, 0.2) is 75.0 Å². The van der Waals surface area contributed by atoms with Gasteiger partial charge >= 0.3 is 5.97 Å². The summed E-state index contributed by atoms with van der Waals surface area (Å²) in [5.74, 6) is 0.342. The van der Waals surface area contributed by atoms with Gasteiger partial charge in [0.2, 0.25) is 5.82 Å². The number of aromatic nitrogens is 2. The molecule has 0 unspecified atom stereocenters. The van der Waals surface area contributed by atoms with Crippen LogP contribution >= 0.6 is 23.2 Å². The van der Waals surface area contributed by atoms with Gasteiger partial charge < -0.3 is 18.6 Å². The molecule has 3 aromatic carbocycles. The molecule has 0 aliphatic rings. The lowest BCUT2D eigenvalue weighted by Gasteiger charge is -2.17. The number of carbonyl (C=O) groups excluding carboxylic acids is 1. The van der Waals surface area contributed by atoms with E-state index in [1.165, 1.54) is 33.4 Å². The van der Waals surface area contributed by atoms with Crippen molar-refractivity contribution in [1.29, 1.82) is 0 Å². The van der Waals surface area contributed by atoms with Crippen molar-refractivity contribution in [3.05, 3.63) is 86.6 Å². The third kappa shape index (κ3) is 5.19. The van der Waals surface area contributed by atoms with E-state index in [0.29, 0.717) is 37.9 Å². The molecule has 0 fully saturated rings. The maximum atomic E-state index is 13.6. The van der Waals surface area contributed by atoms with Crippen LogP contribution in [-0.4, -0.2) is 42.2 Å². The van der Waals surface area contributed by atoms with Gasteiger partial charge in [-0.1, -0.05) is 35.3 Å². The Kier molecular flexibility index (Phi) is 7.28. The van der Waals surface area contributed by atoms with E-state index < -0.39 is 17.6 Å². The van der Waals surface area contributed by atoms with Crippen molar-refractivity contribution in [2.75, 3.05) is 14.2 Å². The SMILES string of the molecule is COC(=O)[C@@H](C)Oc1c(C=Nn2c(-c3cc4cc(Cl)ccc4o3)nc3ccccc3c2=O)cc(Cl)cc1OC. The Morgan fingerprint density at radius 2 is 1.87 bits per heavy atom. The average Bonchev–Trinajstić information content (AvgIpc) is 3.35. The van der Waals surface area contributed by atoms with E-state index in [1.54, 1.807) is 54.6 Å². The number of nitrogens with zero attached hydrogens (tertiary/aromatic N) is 3. The van der Waals surface area contributed by atoms with Crippen LogP contribution in [0.5, 0.6) is 11.5 Å². The third-order valence-electron chi connectivity index (χ3n) is 5.86. The van der Waals surface area contributed by atoms with Gasteiger partial charge in [0.15, 0.2) is 23.4 Å². The monoisotopic (exact) mass is 565 g/mol. The molecule has 9 nitrogen and oxygen atoms in total. The highest BCUT2D eigenvalue weighted by Gasteiger charge is 2.21. The minimum atomic E-state index is -0.958. The molecule has 0 aliphatic carbocycles. The molecule has 0 N–H and O–H groups in total. The fourth-order valence-electron chi connectivity index (χ4n) is 3.99. The molecule has 2 aromatic heterocycles. The predicted molar refractivity (Wildman–Crippen MR) is 149 cm³/mol. The largest absolute Gasteiger partial charge is 0.493 e. The average molecular weight is 566 g/mol. The van der Waals surface area contributed by atoms with E-state index in [1.807, 2.05) is 0 Å². The molecular weight excluding hydrogens is 545 g/mol. The third-order valence-corrected chi connectivity index (χ3v) is 6.31. The zero-order valence-electron chi connectivity index (χ0n) is 21.0. The number of methoxy groups -OCH3 is 2. The number of ether oxygens (including phenoxy) is 3. The number of esters is 1. The highest BCUT2D eigenvalue weighted by Crippen LogP contribution is 2.35. The van der Waals surface area contributed by atoms with E-state index in [2.05, 4.69) is 10.1 Å². The van der Waals surface area contributed by atoms with E-state index in [4.69, 9.17) is 41.8 Å². The standard InChI is InChI=1S/C28H21Cl2N3O6/c1-15(28(35)37-3)38-25-17(11-19(30)13-23(25)36-2)14-31-33-26(32-21-7-5-4-6-20(21)27(33)34)24-12-16-10-18(29)8-9-22(16)39-24/h4-15H,1-3H3/t15-/m1/s1. The van der Waals surface area contributed by atoms with Crippen LogP contribution in [0.3, 0.4) is 0 Å². The summed E-state index contributed by atoms with van der Waals surface area (Å²) in [5, 5.41) is 6.42. The summed E-state index contributed by atoms with van der Waals surface area (Å²) in [4.78, 5) is 30.3. The second kappa shape index (κ2) is 10.8. The Bertz CT molecular complexity index is 1810. The number of benzene rings is 3. The molecule has 1 atom stereocenters. The van der Waals surface area contributed by atoms with Crippen molar-refractivity contribution in [1.82, 2.24) is 9.66 Å². The normalized spacial score (nSPS) is 12.2. The van der Waals surface area contributed by atoms with Gasteiger partial charge in [-0.05, 0) is 49.4 Å². The number of carbonyl (C=O) groups is 1. The topological polar surface area (TPSA) is 105 Å². The van der Waals surface area contributed by atoms with Crippen LogP contribution in [0.1, 0.15) is 12.5 Å². The summed E-state index contributed by atoms with van der Waals surface area (Å²) in [6.45, 7) is 1.53. The van der Waals surface area contributed by atoms with Crippen molar-refractivity contribution in [3.63, 3.8) is 0 Å². The number of halogens is 2. The molecular formula is C28H21Cl2N3O6. The molecule has 0 bridgehead atoms. The lowest BCUT2D eigenvalue weighted by atomic mass is 10.2. The molecule has 11 heteroatoms. The second-order valence-corrected chi connectivity index (χ2v) is 9.29. The van der Waals surface area contributed by atoms with Crippen molar-refractivity contribution >= 4 is 57.3 Å². The van der Waals surface area contributed by atoms with Gasteiger partial charge in [0, 0.05) is 27.1 Å². The van der Waals surface area contributed by atoms with Gasteiger partial charge in [-0.25, -0.2) is 9.78 Å². The van der Waals surface area contributed by atoms with Crippen LogP contribution in [-0.2, 0) is 9.53 Å². The zero-order chi connectivity index (χ0) is 27.7. The van der Waals surface area contributed by atoms with E-state index in [0.717, 1.165) is 10.1 Å². The summed E-state index contributed by atoms with van der Waals surface area (Å²) in [6.07, 6.45) is 0.412. The first-order valence-electron chi connectivity index (χ1n) is 11.7. The zero-order valence-corrected chi connectivity index (χ0v) is 22.5. The lowest BCUT2D eigenvalue weighted by Crippen LogP contribution is -2.25. The summed E-state index contributed by atoms with van der Waals surface area (Å²) in [7, 11) is 2.70. The van der Waals surface area contributed by atoms with Gasteiger partial charge in [0.25, 0.3) is 5.56 Å². The van der Waals surface area contributed by atoms with Crippen molar-refractivity contribution in [2.24, 2.45) is 5.10 Å². The van der Waals surface area contributed by atoms with Gasteiger partial charge in [-0.15, -0.1) is 0 Å². The predicted octanol–water partition coefficient (Wildman–Crippen LogP) is 5.95. The number of hydrogen-bond acceptors (Lipinski definition) is 8. The molecule has 0 saturated heterocycles. The molecule has 5 rings (SSSR count). The Morgan fingerprint density at radius 1 is 1.08 bits per heavy atom. The summed E-state index contributed by atoms with van der Waals surface area (Å²) >= 11 is 12.5. The van der Waals surface area contributed by atoms with Crippen LogP contribution in [0.25, 0.3) is 33.5 Å². The summed E-state index contributed by atoms with van der Waals surface area (Å²) in [6, 6.07) is 16.9.